The van der Waals surface area contributed by atoms with Crippen LogP contribution in [0.1, 0.15) is 25.8 Å². The molecule has 0 aliphatic heterocycles. The fourth-order valence-electron chi connectivity index (χ4n) is 2.51. The highest BCUT2D eigenvalue weighted by atomic mass is 79.9. The van der Waals surface area contributed by atoms with Gasteiger partial charge in [0, 0.05) is 21.5 Å². The van der Waals surface area contributed by atoms with Gasteiger partial charge in [0.15, 0.2) is 0 Å². The largest absolute Gasteiger partial charge is 0.330 e. The van der Waals surface area contributed by atoms with Crippen LogP contribution in [0.2, 0.25) is 5.02 Å². The van der Waals surface area contributed by atoms with Gasteiger partial charge in [0.05, 0.1) is 0 Å². The molecule has 15 heavy (non-hydrogen) atoms. The van der Waals surface area contributed by atoms with Crippen molar-refractivity contribution in [2.45, 2.75) is 25.7 Å². The van der Waals surface area contributed by atoms with Crippen LogP contribution in [0.25, 0.3) is 0 Å². The van der Waals surface area contributed by atoms with E-state index in [9.17, 15) is 0 Å². The first kappa shape index (κ1) is 11.4. The molecule has 1 unspecified atom stereocenters. The fourth-order valence-corrected chi connectivity index (χ4v) is 3.36. The normalized spacial score (nSPS) is 27.8. The summed E-state index contributed by atoms with van der Waals surface area (Å²) in [6.45, 7) is 5.16. The number of rotatable bonds is 2. The third-order valence-electron chi connectivity index (χ3n) is 3.71. The highest BCUT2D eigenvalue weighted by Crippen LogP contribution is 2.64. The molecule has 0 aromatic heterocycles. The molecule has 2 N–H and O–H groups in total. The Balaban J connectivity index is 2.46. The smallest absolute Gasteiger partial charge is 0.0455 e. The van der Waals surface area contributed by atoms with Crippen molar-refractivity contribution in [1.29, 1.82) is 0 Å². The zero-order valence-corrected chi connectivity index (χ0v) is 11.3. The first-order valence-electron chi connectivity index (χ1n) is 5.08. The zero-order valence-electron chi connectivity index (χ0n) is 8.98. The Morgan fingerprint density at radius 2 is 2.07 bits per heavy atom. The second-order valence-electron chi connectivity index (χ2n) is 4.97. The minimum absolute atomic E-state index is 0.0881. The molecule has 1 nitrogen and oxygen atoms in total. The van der Waals surface area contributed by atoms with E-state index in [1.807, 2.05) is 12.1 Å². The van der Waals surface area contributed by atoms with Gasteiger partial charge in [-0.2, -0.15) is 0 Å². The van der Waals surface area contributed by atoms with Crippen LogP contribution >= 0.6 is 27.5 Å². The van der Waals surface area contributed by atoms with Crippen molar-refractivity contribution in [3.63, 3.8) is 0 Å². The van der Waals surface area contributed by atoms with Gasteiger partial charge >= 0.3 is 0 Å². The molecule has 0 saturated heterocycles. The van der Waals surface area contributed by atoms with Gasteiger partial charge in [-0.25, -0.2) is 0 Å². The van der Waals surface area contributed by atoms with Crippen molar-refractivity contribution in [3.8, 4) is 0 Å². The van der Waals surface area contributed by atoms with E-state index in [-0.39, 0.29) is 10.8 Å². The Bertz CT molecular complexity index is 403. The lowest BCUT2D eigenvalue weighted by Crippen LogP contribution is -2.25. The van der Waals surface area contributed by atoms with E-state index in [0.29, 0.717) is 6.54 Å². The predicted octanol–water partition coefficient (Wildman–Crippen LogP) is 3.73. The van der Waals surface area contributed by atoms with Gasteiger partial charge in [-0.3, -0.25) is 0 Å². The zero-order chi connectivity index (χ0) is 11.3. The second kappa shape index (κ2) is 3.47. The summed E-state index contributed by atoms with van der Waals surface area (Å²) in [7, 11) is 0. The van der Waals surface area contributed by atoms with E-state index in [2.05, 4.69) is 35.8 Å². The van der Waals surface area contributed by atoms with E-state index in [1.165, 1.54) is 5.56 Å². The van der Waals surface area contributed by atoms with Gasteiger partial charge in [-0.1, -0.05) is 47.4 Å². The second-order valence-corrected chi connectivity index (χ2v) is 6.29. The van der Waals surface area contributed by atoms with Crippen LogP contribution in [0.3, 0.4) is 0 Å². The van der Waals surface area contributed by atoms with E-state index in [1.54, 1.807) is 0 Å². The summed E-state index contributed by atoms with van der Waals surface area (Å²) in [6.07, 6.45) is 1.12. The molecule has 1 aromatic rings. The molecule has 1 atom stereocenters. The van der Waals surface area contributed by atoms with Crippen molar-refractivity contribution in [3.05, 3.63) is 33.3 Å². The molecular weight excluding hydrogens is 273 g/mol. The Hall–Kier alpha value is -0.0500. The van der Waals surface area contributed by atoms with Crippen LogP contribution in [-0.2, 0) is 5.41 Å². The van der Waals surface area contributed by atoms with Crippen LogP contribution in [-0.4, -0.2) is 6.54 Å². The lowest BCUT2D eigenvalue weighted by Gasteiger charge is -2.20. The highest BCUT2D eigenvalue weighted by Gasteiger charge is 2.61. The van der Waals surface area contributed by atoms with Crippen molar-refractivity contribution in [1.82, 2.24) is 0 Å². The van der Waals surface area contributed by atoms with Crippen LogP contribution in [0.15, 0.2) is 22.7 Å². The average Bonchev–Trinajstić information content (AvgIpc) is 2.69. The number of hydrogen-bond acceptors (Lipinski definition) is 1. The molecular formula is C12H15BrClN. The molecule has 1 aromatic carbocycles. The van der Waals surface area contributed by atoms with E-state index in [4.69, 9.17) is 17.3 Å². The summed E-state index contributed by atoms with van der Waals surface area (Å²) in [5.41, 5.74) is 7.47. The standard InChI is InChI=1S/C12H15BrClN/c1-11(2)6-12(11,7-15)9-4-3-8(13)5-10(9)14/h3-5H,6-7,15H2,1-2H3. The third-order valence-corrected chi connectivity index (χ3v) is 4.52. The number of nitrogens with two attached hydrogens (primary N) is 1. The Morgan fingerprint density at radius 1 is 1.47 bits per heavy atom. The summed E-state index contributed by atoms with van der Waals surface area (Å²) in [4.78, 5) is 0. The molecule has 1 saturated carbocycles. The van der Waals surface area contributed by atoms with Crippen LogP contribution in [0.4, 0.5) is 0 Å². The van der Waals surface area contributed by atoms with E-state index in [0.717, 1.165) is 15.9 Å². The molecule has 2 rings (SSSR count). The minimum Gasteiger partial charge on any atom is -0.330 e. The molecule has 0 radical (unpaired) electrons. The van der Waals surface area contributed by atoms with Gasteiger partial charge in [-0.05, 0) is 29.5 Å². The summed E-state index contributed by atoms with van der Waals surface area (Å²) in [6, 6.07) is 6.07. The highest BCUT2D eigenvalue weighted by molar-refractivity contribution is 9.10. The lowest BCUT2D eigenvalue weighted by atomic mass is 9.88. The molecule has 0 amide bonds. The maximum atomic E-state index is 6.27. The van der Waals surface area contributed by atoms with Gasteiger partial charge in [0.2, 0.25) is 0 Å². The average molecular weight is 289 g/mol. The molecule has 1 aliphatic carbocycles. The van der Waals surface area contributed by atoms with Crippen molar-refractivity contribution < 1.29 is 0 Å². The quantitative estimate of drug-likeness (QED) is 0.882. The third kappa shape index (κ3) is 1.63. The maximum absolute atomic E-state index is 6.27. The summed E-state index contributed by atoms with van der Waals surface area (Å²) < 4.78 is 1.02. The van der Waals surface area contributed by atoms with Crippen LogP contribution in [0.5, 0.6) is 0 Å². The van der Waals surface area contributed by atoms with Gasteiger partial charge in [-0.15, -0.1) is 0 Å². The number of hydrogen-bond donors (Lipinski definition) is 1. The maximum Gasteiger partial charge on any atom is 0.0455 e. The molecule has 3 heteroatoms. The number of halogens is 2. The van der Waals surface area contributed by atoms with Crippen LogP contribution < -0.4 is 5.73 Å². The SMILES string of the molecule is CC1(C)CC1(CN)c1ccc(Br)cc1Cl. The first-order chi connectivity index (χ1) is 6.93. The topological polar surface area (TPSA) is 26.0 Å². The summed E-state index contributed by atoms with van der Waals surface area (Å²) in [5, 5.41) is 0.820. The monoisotopic (exact) mass is 287 g/mol. The molecule has 0 heterocycles. The molecule has 1 aliphatic rings. The molecule has 1 fully saturated rings. The molecule has 0 spiro atoms. The summed E-state index contributed by atoms with van der Waals surface area (Å²) >= 11 is 9.69. The minimum atomic E-state index is 0.0881. The van der Waals surface area contributed by atoms with Gasteiger partial charge in [0.1, 0.15) is 0 Å². The van der Waals surface area contributed by atoms with Crippen molar-refractivity contribution in [2.75, 3.05) is 6.54 Å². The van der Waals surface area contributed by atoms with E-state index < -0.39 is 0 Å². The molecule has 0 bridgehead atoms. The van der Waals surface area contributed by atoms with Gasteiger partial charge < -0.3 is 5.73 Å². The Labute approximate surface area is 104 Å². The number of benzene rings is 1. The van der Waals surface area contributed by atoms with Crippen molar-refractivity contribution >= 4 is 27.5 Å². The van der Waals surface area contributed by atoms with Crippen LogP contribution in [0, 0.1) is 5.41 Å². The fraction of sp³-hybridized carbons (Fsp3) is 0.500. The Kier molecular flexibility index (Phi) is 2.65. The lowest BCUT2D eigenvalue weighted by molar-refractivity contribution is 0.503. The predicted molar refractivity (Wildman–Crippen MR) is 68.3 cm³/mol. The van der Waals surface area contributed by atoms with Crippen molar-refractivity contribution in [2.24, 2.45) is 11.1 Å². The van der Waals surface area contributed by atoms with E-state index >= 15 is 0 Å². The van der Waals surface area contributed by atoms with Gasteiger partial charge in [0.25, 0.3) is 0 Å². The first-order valence-corrected chi connectivity index (χ1v) is 6.26. The molecule has 82 valence electrons. The Morgan fingerprint density at radius 3 is 2.47 bits per heavy atom. The summed E-state index contributed by atoms with van der Waals surface area (Å²) in [5.74, 6) is 0.